The van der Waals surface area contributed by atoms with Crippen molar-refractivity contribution in [1.29, 1.82) is 0 Å². The summed E-state index contributed by atoms with van der Waals surface area (Å²) >= 11 is 1.94. The predicted molar refractivity (Wildman–Crippen MR) is 75.5 cm³/mol. The van der Waals surface area contributed by atoms with E-state index in [2.05, 4.69) is 28.7 Å². The van der Waals surface area contributed by atoms with Gasteiger partial charge in [-0.3, -0.25) is 4.98 Å². The van der Waals surface area contributed by atoms with Crippen molar-refractivity contribution < 1.29 is 0 Å². The first-order chi connectivity index (χ1) is 8.42. The molecule has 0 aromatic carbocycles. The zero-order chi connectivity index (χ0) is 11.9. The Morgan fingerprint density at radius 2 is 2.41 bits per heavy atom. The van der Waals surface area contributed by atoms with Crippen LogP contribution < -0.4 is 5.32 Å². The molecule has 0 spiro atoms. The highest BCUT2D eigenvalue weighted by atomic mass is 32.2. The number of nitrogens with zero attached hydrogens (tertiary/aromatic N) is 1. The summed E-state index contributed by atoms with van der Waals surface area (Å²) in [4.78, 5) is 4.55. The number of fused-ring (bicyclic) bond motifs is 1. The number of rotatable bonds is 6. The molecule has 2 nitrogen and oxygen atoms in total. The third-order valence-electron chi connectivity index (χ3n) is 3.36. The summed E-state index contributed by atoms with van der Waals surface area (Å²) in [7, 11) is 0. The molecule has 1 aromatic rings. The molecule has 0 radical (unpaired) electrons. The quantitative estimate of drug-likeness (QED) is 0.785. The molecule has 1 aliphatic carbocycles. The molecular formula is C14H22N2S. The smallest absolute Gasteiger partial charge is 0.0605 e. The van der Waals surface area contributed by atoms with E-state index in [0.29, 0.717) is 6.04 Å². The molecule has 1 N–H and O–H groups in total. The maximum absolute atomic E-state index is 4.55. The van der Waals surface area contributed by atoms with Gasteiger partial charge in [-0.2, -0.15) is 11.8 Å². The summed E-state index contributed by atoms with van der Waals surface area (Å²) in [6.45, 7) is 1.13. The van der Waals surface area contributed by atoms with Crippen LogP contribution in [0.3, 0.4) is 0 Å². The topological polar surface area (TPSA) is 24.9 Å². The minimum Gasteiger partial charge on any atom is -0.309 e. The fourth-order valence-corrected chi connectivity index (χ4v) is 2.95. The molecule has 1 unspecified atom stereocenters. The number of thioether (sulfide) groups is 1. The third kappa shape index (κ3) is 3.71. The van der Waals surface area contributed by atoms with Crippen molar-refractivity contribution in [2.75, 3.05) is 18.6 Å². The van der Waals surface area contributed by atoms with E-state index in [9.17, 15) is 0 Å². The number of hydrogen-bond acceptors (Lipinski definition) is 3. The monoisotopic (exact) mass is 250 g/mol. The van der Waals surface area contributed by atoms with E-state index in [-0.39, 0.29) is 0 Å². The Morgan fingerprint density at radius 1 is 1.47 bits per heavy atom. The number of aromatic nitrogens is 1. The fourth-order valence-electron chi connectivity index (χ4n) is 2.46. The van der Waals surface area contributed by atoms with Gasteiger partial charge in [0, 0.05) is 12.2 Å². The van der Waals surface area contributed by atoms with Gasteiger partial charge in [-0.15, -0.1) is 0 Å². The molecule has 0 aliphatic heterocycles. The fraction of sp³-hybridized carbons (Fsp3) is 0.643. The third-order valence-corrected chi connectivity index (χ3v) is 4.06. The second kappa shape index (κ2) is 7.02. The van der Waals surface area contributed by atoms with Crippen LogP contribution in [0.25, 0.3) is 0 Å². The van der Waals surface area contributed by atoms with E-state index in [1.165, 1.54) is 49.1 Å². The minimum atomic E-state index is 0.495. The second-order valence-electron chi connectivity index (χ2n) is 4.65. The Balaban J connectivity index is 1.82. The minimum absolute atomic E-state index is 0.495. The van der Waals surface area contributed by atoms with Crippen molar-refractivity contribution in [2.24, 2.45) is 0 Å². The highest BCUT2D eigenvalue weighted by Crippen LogP contribution is 2.27. The molecule has 0 bridgehead atoms. The van der Waals surface area contributed by atoms with Gasteiger partial charge in [0.1, 0.15) is 0 Å². The molecule has 94 valence electrons. The van der Waals surface area contributed by atoms with Gasteiger partial charge in [-0.05, 0) is 62.3 Å². The van der Waals surface area contributed by atoms with E-state index < -0.39 is 0 Å². The van der Waals surface area contributed by atoms with Gasteiger partial charge in [0.05, 0.1) is 5.69 Å². The van der Waals surface area contributed by atoms with E-state index in [4.69, 9.17) is 0 Å². The zero-order valence-electron chi connectivity index (χ0n) is 10.6. The summed E-state index contributed by atoms with van der Waals surface area (Å²) in [6.07, 6.45) is 10.4. The van der Waals surface area contributed by atoms with Crippen molar-refractivity contribution in [1.82, 2.24) is 10.3 Å². The standard InChI is InChI=1S/C14H22N2S/c1-17-11-3-2-9-15-13-8-4-6-12-7-5-10-16-14(12)13/h5,7,10,13,15H,2-4,6,8-9,11H2,1H3. The van der Waals surface area contributed by atoms with Crippen LogP contribution in [0.15, 0.2) is 18.3 Å². The van der Waals surface area contributed by atoms with Crippen LogP contribution in [0, 0.1) is 0 Å². The highest BCUT2D eigenvalue weighted by molar-refractivity contribution is 7.98. The Kier molecular flexibility index (Phi) is 5.33. The summed E-state index contributed by atoms with van der Waals surface area (Å²) in [5.41, 5.74) is 2.74. The molecule has 0 amide bonds. The number of hydrogen-bond donors (Lipinski definition) is 1. The molecule has 3 heteroatoms. The lowest BCUT2D eigenvalue weighted by Crippen LogP contribution is -2.27. The van der Waals surface area contributed by atoms with Crippen molar-refractivity contribution in [3.8, 4) is 0 Å². The summed E-state index contributed by atoms with van der Waals surface area (Å²) in [6, 6.07) is 4.78. The van der Waals surface area contributed by atoms with Crippen LogP contribution in [0.1, 0.15) is 43.0 Å². The molecule has 1 heterocycles. The van der Waals surface area contributed by atoms with Crippen LogP contribution >= 0.6 is 11.8 Å². The Labute approximate surface area is 109 Å². The number of pyridine rings is 1. The van der Waals surface area contributed by atoms with Gasteiger partial charge < -0.3 is 5.32 Å². The van der Waals surface area contributed by atoms with E-state index in [1.54, 1.807) is 0 Å². The Morgan fingerprint density at radius 3 is 3.29 bits per heavy atom. The lowest BCUT2D eigenvalue weighted by atomic mass is 9.92. The van der Waals surface area contributed by atoms with Crippen molar-refractivity contribution in [3.05, 3.63) is 29.6 Å². The van der Waals surface area contributed by atoms with Gasteiger partial charge in [-0.25, -0.2) is 0 Å². The number of aryl methyl sites for hydroxylation is 1. The summed E-state index contributed by atoms with van der Waals surface area (Å²) in [5.74, 6) is 1.28. The molecule has 1 aliphatic rings. The van der Waals surface area contributed by atoms with E-state index >= 15 is 0 Å². The van der Waals surface area contributed by atoms with Crippen LogP contribution in [-0.4, -0.2) is 23.5 Å². The van der Waals surface area contributed by atoms with Crippen LogP contribution in [0.4, 0.5) is 0 Å². The first-order valence-corrected chi connectivity index (χ1v) is 7.97. The maximum Gasteiger partial charge on any atom is 0.0605 e. The zero-order valence-corrected chi connectivity index (χ0v) is 11.4. The largest absolute Gasteiger partial charge is 0.309 e. The van der Waals surface area contributed by atoms with Gasteiger partial charge in [0.25, 0.3) is 0 Å². The number of unbranched alkanes of at least 4 members (excludes halogenated alkanes) is 1. The first kappa shape index (κ1) is 12.9. The summed E-state index contributed by atoms with van der Waals surface area (Å²) in [5, 5.41) is 3.66. The average molecular weight is 250 g/mol. The van der Waals surface area contributed by atoms with Gasteiger partial charge in [0.2, 0.25) is 0 Å². The van der Waals surface area contributed by atoms with Gasteiger partial charge in [-0.1, -0.05) is 6.07 Å². The highest BCUT2D eigenvalue weighted by Gasteiger charge is 2.19. The second-order valence-corrected chi connectivity index (χ2v) is 5.63. The molecular weight excluding hydrogens is 228 g/mol. The summed E-state index contributed by atoms with van der Waals surface area (Å²) < 4.78 is 0. The van der Waals surface area contributed by atoms with Crippen molar-refractivity contribution in [3.63, 3.8) is 0 Å². The molecule has 0 saturated heterocycles. The van der Waals surface area contributed by atoms with Gasteiger partial charge in [0.15, 0.2) is 0 Å². The average Bonchev–Trinajstić information content (AvgIpc) is 2.39. The lowest BCUT2D eigenvalue weighted by molar-refractivity contribution is 0.444. The normalized spacial score (nSPS) is 19.0. The first-order valence-electron chi connectivity index (χ1n) is 6.58. The molecule has 1 aromatic heterocycles. The van der Waals surface area contributed by atoms with Crippen LogP contribution in [0.5, 0.6) is 0 Å². The molecule has 2 rings (SSSR count). The number of nitrogens with one attached hydrogen (secondary N) is 1. The maximum atomic E-state index is 4.55. The molecule has 0 fully saturated rings. The molecule has 0 saturated carbocycles. The molecule has 17 heavy (non-hydrogen) atoms. The Hall–Kier alpha value is -0.540. The van der Waals surface area contributed by atoms with Crippen LogP contribution in [0.2, 0.25) is 0 Å². The van der Waals surface area contributed by atoms with Crippen LogP contribution in [-0.2, 0) is 6.42 Å². The van der Waals surface area contributed by atoms with Gasteiger partial charge >= 0.3 is 0 Å². The van der Waals surface area contributed by atoms with Crippen molar-refractivity contribution in [2.45, 2.75) is 38.1 Å². The molecule has 1 atom stereocenters. The van der Waals surface area contributed by atoms with Crippen molar-refractivity contribution >= 4 is 11.8 Å². The predicted octanol–water partition coefficient (Wildman–Crippen LogP) is 3.19. The Bertz CT molecular complexity index is 341. The van der Waals surface area contributed by atoms with E-state index in [1.807, 2.05) is 18.0 Å². The van der Waals surface area contributed by atoms with E-state index in [0.717, 1.165) is 6.54 Å². The SMILES string of the molecule is CSCCCCNC1CCCc2cccnc21. The lowest BCUT2D eigenvalue weighted by Gasteiger charge is -2.25.